The molecule has 146 valence electrons. The molecule has 0 unspecified atom stereocenters. The normalized spacial score (nSPS) is 16.3. The number of aryl methyl sites for hydroxylation is 1. The molecule has 7 nitrogen and oxygen atoms in total. The Morgan fingerprint density at radius 3 is 2.41 bits per heavy atom. The summed E-state index contributed by atoms with van der Waals surface area (Å²) in [5.41, 5.74) is 0.895. The van der Waals surface area contributed by atoms with E-state index >= 15 is 0 Å². The third-order valence-corrected chi connectivity index (χ3v) is 6.80. The fraction of sp³-hybridized carbons (Fsp3) is 0.421. The van der Waals surface area contributed by atoms with Gasteiger partial charge in [0.2, 0.25) is 10.0 Å². The molecule has 2 aromatic rings. The van der Waals surface area contributed by atoms with Crippen molar-refractivity contribution in [2.45, 2.75) is 24.7 Å². The summed E-state index contributed by atoms with van der Waals surface area (Å²) in [6.45, 7) is 3.17. The Morgan fingerprint density at radius 1 is 1.19 bits per heavy atom. The number of anilines is 1. The maximum atomic E-state index is 12.9. The lowest BCUT2D eigenvalue weighted by atomic mass is 10.0. The second-order valence-corrected chi connectivity index (χ2v) is 8.88. The first-order valence-electron chi connectivity index (χ1n) is 8.93. The van der Waals surface area contributed by atoms with Crippen molar-refractivity contribution in [3.8, 4) is 5.75 Å². The molecule has 1 aromatic heterocycles. The number of carbonyl (C=O) groups excluding carboxylic acids is 1. The lowest BCUT2D eigenvalue weighted by Gasteiger charge is -2.29. The highest BCUT2D eigenvalue weighted by molar-refractivity contribution is 7.89. The fourth-order valence-corrected chi connectivity index (χ4v) is 4.69. The molecular formula is C19H25N3O4S. The van der Waals surface area contributed by atoms with Gasteiger partial charge in [-0.25, -0.2) is 8.42 Å². The molecule has 1 aliphatic heterocycles. The van der Waals surface area contributed by atoms with E-state index < -0.39 is 10.0 Å². The van der Waals surface area contributed by atoms with E-state index in [0.717, 1.165) is 12.8 Å². The third kappa shape index (κ3) is 4.17. The highest BCUT2D eigenvalue weighted by Gasteiger charge is 2.30. The van der Waals surface area contributed by atoms with Crippen molar-refractivity contribution >= 4 is 21.6 Å². The van der Waals surface area contributed by atoms with Crippen LogP contribution in [-0.2, 0) is 17.1 Å². The minimum absolute atomic E-state index is 0.152. The smallest absolute Gasteiger partial charge is 0.272 e. The second-order valence-electron chi connectivity index (χ2n) is 6.94. The molecule has 27 heavy (non-hydrogen) atoms. The van der Waals surface area contributed by atoms with E-state index in [2.05, 4.69) is 12.2 Å². The van der Waals surface area contributed by atoms with Crippen molar-refractivity contribution in [1.29, 1.82) is 0 Å². The predicted octanol–water partition coefficient (Wildman–Crippen LogP) is 2.71. The van der Waals surface area contributed by atoms with Crippen molar-refractivity contribution in [3.05, 3.63) is 42.2 Å². The summed E-state index contributed by atoms with van der Waals surface area (Å²) in [4.78, 5) is 12.7. The van der Waals surface area contributed by atoms with Crippen molar-refractivity contribution in [2.75, 3.05) is 25.5 Å². The Hall–Kier alpha value is -2.32. The quantitative estimate of drug-likeness (QED) is 0.850. The molecule has 1 amide bonds. The Kier molecular flexibility index (Phi) is 5.57. The number of benzene rings is 1. The molecule has 1 aromatic carbocycles. The lowest BCUT2D eigenvalue weighted by Crippen LogP contribution is -2.37. The standard InChI is InChI=1S/C19H25N3O4S/c1-14-8-10-22(11-9-14)27(24,25)17-12-18(21(2)13-17)19(23)20-15-4-6-16(26-3)7-5-15/h4-7,12-14H,8-11H2,1-3H3,(H,20,23). The van der Waals surface area contributed by atoms with Crippen LogP contribution >= 0.6 is 0 Å². The van der Waals surface area contributed by atoms with Crippen LogP contribution in [0.25, 0.3) is 0 Å². The van der Waals surface area contributed by atoms with E-state index in [-0.39, 0.29) is 16.5 Å². The lowest BCUT2D eigenvalue weighted by molar-refractivity contribution is 0.101. The summed E-state index contributed by atoms with van der Waals surface area (Å²) in [7, 11) is -0.348. The molecule has 1 fully saturated rings. The maximum Gasteiger partial charge on any atom is 0.272 e. The van der Waals surface area contributed by atoms with Gasteiger partial charge < -0.3 is 14.6 Å². The van der Waals surface area contributed by atoms with E-state index in [4.69, 9.17) is 4.74 Å². The summed E-state index contributed by atoms with van der Waals surface area (Å²) in [5.74, 6) is 0.866. The Bertz CT molecular complexity index is 911. The van der Waals surface area contributed by atoms with Crippen molar-refractivity contribution < 1.29 is 17.9 Å². The summed E-state index contributed by atoms with van der Waals surface area (Å²) >= 11 is 0. The van der Waals surface area contributed by atoms with E-state index in [1.165, 1.54) is 21.1 Å². The number of hydrogen-bond donors (Lipinski definition) is 1. The zero-order valence-electron chi connectivity index (χ0n) is 15.8. The molecule has 0 aliphatic carbocycles. The van der Waals surface area contributed by atoms with Crippen molar-refractivity contribution in [3.63, 3.8) is 0 Å². The minimum atomic E-state index is -3.59. The number of amides is 1. The van der Waals surface area contributed by atoms with E-state index in [1.54, 1.807) is 38.4 Å². The molecule has 0 radical (unpaired) electrons. The van der Waals surface area contributed by atoms with Crippen molar-refractivity contribution in [2.24, 2.45) is 13.0 Å². The molecule has 0 spiro atoms. The zero-order chi connectivity index (χ0) is 19.6. The van der Waals surface area contributed by atoms with Gasteiger partial charge >= 0.3 is 0 Å². The Labute approximate surface area is 160 Å². The summed E-state index contributed by atoms with van der Waals surface area (Å²) in [6, 6.07) is 8.38. The molecular weight excluding hydrogens is 366 g/mol. The van der Waals surface area contributed by atoms with Crippen LogP contribution in [0.15, 0.2) is 41.4 Å². The van der Waals surface area contributed by atoms with Crippen LogP contribution in [0.1, 0.15) is 30.3 Å². The van der Waals surface area contributed by atoms with Gasteiger partial charge in [-0.3, -0.25) is 4.79 Å². The number of sulfonamides is 1. The Balaban J connectivity index is 1.77. The first-order valence-corrected chi connectivity index (χ1v) is 10.4. The first kappa shape index (κ1) is 19.4. The molecule has 1 aliphatic rings. The van der Waals surface area contributed by atoms with Crippen molar-refractivity contribution in [1.82, 2.24) is 8.87 Å². The van der Waals surface area contributed by atoms with Crippen LogP contribution in [0.5, 0.6) is 5.75 Å². The summed E-state index contributed by atoms with van der Waals surface area (Å²) in [6.07, 6.45) is 3.21. The zero-order valence-corrected chi connectivity index (χ0v) is 16.6. The summed E-state index contributed by atoms with van der Waals surface area (Å²) in [5, 5.41) is 2.78. The van der Waals surface area contributed by atoms with Gasteiger partial charge in [0.1, 0.15) is 16.3 Å². The predicted molar refractivity (Wildman–Crippen MR) is 104 cm³/mol. The van der Waals surface area contributed by atoms with Crippen LogP contribution in [0.4, 0.5) is 5.69 Å². The number of nitrogens with one attached hydrogen (secondary N) is 1. The van der Waals surface area contributed by atoms with E-state index in [9.17, 15) is 13.2 Å². The number of carbonyl (C=O) groups is 1. The minimum Gasteiger partial charge on any atom is -0.497 e. The van der Waals surface area contributed by atoms with Gasteiger partial charge in [0.05, 0.1) is 7.11 Å². The topological polar surface area (TPSA) is 80.6 Å². The van der Waals surface area contributed by atoms with Gasteiger partial charge in [0.15, 0.2) is 0 Å². The van der Waals surface area contributed by atoms with Crippen LogP contribution < -0.4 is 10.1 Å². The molecule has 1 N–H and O–H groups in total. The monoisotopic (exact) mass is 391 g/mol. The maximum absolute atomic E-state index is 12.9. The van der Waals surface area contributed by atoms with Gasteiger partial charge in [0.25, 0.3) is 5.91 Å². The first-order chi connectivity index (χ1) is 12.8. The molecule has 2 heterocycles. The summed E-state index contributed by atoms with van der Waals surface area (Å²) < 4.78 is 33.9. The van der Waals surface area contributed by atoms with Crippen LogP contribution in [0, 0.1) is 5.92 Å². The third-order valence-electron chi connectivity index (χ3n) is 4.94. The van der Waals surface area contributed by atoms with E-state index in [1.807, 2.05) is 0 Å². The molecule has 0 atom stereocenters. The average molecular weight is 391 g/mol. The van der Waals surface area contributed by atoms with Crippen LogP contribution in [-0.4, -0.2) is 43.4 Å². The van der Waals surface area contributed by atoms with Gasteiger partial charge in [-0.05, 0) is 49.1 Å². The second kappa shape index (κ2) is 7.74. The number of methoxy groups -OCH3 is 1. The number of piperidine rings is 1. The largest absolute Gasteiger partial charge is 0.497 e. The molecule has 3 rings (SSSR count). The number of rotatable bonds is 5. The molecule has 1 saturated heterocycles. The van der Waals surface area contributed by atoms with E-state index in [0.29, 0.717) is 30.4 Å². The van der Waals surface area contributed by atoms with Gasteiger partial charge in [-0.15, -0.1) is 0 Å². The number of ether oxygens (including phenoxy) is 1. The highest BCUT2D eigenvalue weighted by atomic mass is 32.2. The number of hydrogen-bond acceptors (Lipinski definition) is 4. The number of aromatic nitrogens is 1. The van der Waals surface area contributed by atoms with Gasteiger partial charge in [0, 0.05) is 32.0 Å². The number of nitrogens with zero attached hydrogens (tertiary/aromatic N) is 2. The Morgan fingerprint density at radius 2 is 1.81 bits per heavy atom. The highest BCUT2D eigenvalue weighted by Crippen LogP contribution is 2.25. The average Bonchev–Trinajstić information content (AvgIpc) is 3.05. The fourth-order valence-electron chi connectivity index (χ4n) is 3.14. The van der Waals surface area contributed by atoms with Crippen LogP contribution in [0.3, 0.4) is 0 Å². The van der Waals surface area contributed by atoms with Gasteiger partial charge in [-0.2, -0.15) is 4.31 Å². The molecule has 0 saturated carbocycles. The van der Waals surface area contributed by atoms with Gasteiger partial charge in [-0.1, -0.05) is 6.92 Å². The van der Waals surface area contributed by atoms with Crippen LogP contribution in [0.2, 0.25) is 0 Å². The molecule has 0 bridgehead atoms. The SMILES string of the molecule is COc1ccc(NC(=O)c2cc(S(=O)(=O)N3CCC(C)CC3)cn2C)cc1. The molecule has 8 heteroatoms.